The van der Waals surface area contributed by atoms with E-state index in [4.69, 9.17) is 5.73 Å². The summed E-state index contributed by atoms with van der Waals surface area (Å²) in [5, 5.41) is 7.10. The zero-order valence-corrected chi connectivity index (χ0v) is 12.3. The lowest BCUT2D eigenvalue weighted by Crippen LogP contribution is -2.37. The molecule has 0 aromatic carbocycles. The summed E-state index contributed by atoms with van der Waals surface area (Å²) in [6, 6.07) is 0. The van der Waals surface area contributed by atoms with Gasteiger partial charge >= 0.3 is 0 Å². The summed E-state index contributed by atoms with van der Waals surface area (Å²) in [5.41, 5.74) is 5.75. The smallest absolute Gasteiger partial charge is 0.189 e. The van der Waals surface area contributed by atoms with Crippen molar-refractivity contribution in [2.45, 2.75) is 25.8 Å². The van der Waals surface area contributed by atoms with Crippen LogP contribution in [-0.2, 0) is 13.6 Å². The Bertz CT molecular complexity index is 371. The lowest BCUT2D eigenvalue weighted by Gasteiger charge is -2.25. The predicted octanol–water partition coefficient (Wildman–Crippen LogP) is 0.637. The summed E-state index contributed by atoms with van der Waals surface area (Å²) in [5.74, 6) is 2.09. The molecule has 0 unspecified atom stereocenters. The first-order valence-electron chi connectivity index (χ1n) is 5.62. The molecule has 7 heteroatoms. The SMILES string of the molecule is Cn1ncnc1CN=C(N)NCC1CCC1.I. The quantitative estimate of drug-likeness (QED) is 0.474. The Labute approximate surface area is 118 Å². The van der Waals surface area contributed by atoms with Crippen molar-refractivity contribution in [3.05, 3.63) is 12.2 Å². The van der Waals surface area contributed by atoms with E-state index in [1.54, 1.807) is 4.68 Å². The molecule has 1 aliphatic carbocycles. The fraction of sp³-hybridized carbons (Fsp3) is 0.700. The van der Waals surface area contributed by atoms with E-state index in [-0.39, 0.29) is 24.0 Å². The van der Waals surface area contributed by atoms with E-state index in [0.29, 0.717) is 12.5 Å². The van der Waals surface area contributed by atoms with Crippen LogP contribution in [0, 0.1) is 5.92 Å². The molecule has 1 aliphatic rings. The highest BCUT2D eigenvalue weighted by Gasteiger charge is 2.16. The summed E-state index contributed by atoms with van der Waals surface area (Å²) < 4.78 is 1.70. The van der Waals surface area contributed by atoms with Crippen molar-refractivity contribution in [1.29, 1.82) is 0 Å². The van der Waals surface area contributed by atoms with Gasteiger partial charge in [0.05, 0.1) is 0 Å². The molecule has 1 heterocycles. The molecule has 1 aromatic rings. The third kappa shape index (κ3) is 4.14. The lowest BCUT2D eigenvalue weighted by molar-refractivity contribution is 0.315. The van der Waals surface area contributed by atoms with Gasteiger partial charge in [-0.1, -0.05) is 6.42 Å². The molecule has 6 nitrogen and oxygen atoms in total. The number of nitrogens with one attached hydrogen (secondary N) is 1. The Morgan fingerprint density at radius 1 is 1.65 bits per heavy atom. The Balaban J connectivity index is 0.00000144. The van der Waals surface area contributed by atoms with Crippen molar-refractivity contribution in [3.8, 4) is 0 Å². The van der Waals surface area contributed by atoms with Crippen LogP contribution in [0.5, 0.6) is 0 Å². The van der Waals surface area contributed by atoms with Gasteiger partial charge in [-0.2, -0.15) is 5.10 Å². The van der Waals surface area contributed by atoms with Gasteiger partial charge in [0.15, 0.2) is 5.96 Å². The van der Waals surface area contributed by atoms with Crippen LogP contribution in [0.1, 0.15) is 25.1 Å². The molecular formula is C10H19IN6. The largest absolute Gasteiger partial charge is 0.370 e. The molecule has 17 heavy (non-hydrogen) atoms. The fourth-order valence-corrected chi connectivity index (χ4v) is 1.62. The third-order valence-electron chi connectivity index (χ3n) is 2.99. The number of aromatic nitrogens is 3. The summed E-state index contributed by atoms with van der Waals surface area (Å²) in [4.78, 5) is 8.29. The zero-order chi connectivity index (χ0) is 11.4. The van der Waals surface area contributed by atoms with Crippen molar-refractivity contribution < 1.29 is 0 Å². The van der Waals surface area contributed by atoms with Crippen molar-refractivity contribution in [3.63, 3.8) is 0 Å². The molecule has 0 saturated heterocycles. The number of nitrogens with two attached hydrogens (primary N) is 1. The molecule has 3 N–H and O–H groups in total. The molecule has 0 spiro atoms. The highest BCUT2D eigenvalue weighted by molar-refractivity contribution is 14.0. The first-order chi connectivity index (χ1) is 7.75. The number of nitrogens with zero attached hydrogens (tertiary/aromatic N) is 4. The average Bonchev–Trinajstić information content (AvgIpc) is 2.59. The van der Waals surface area contributed by atoms with Crippen molar-refractivity contribution in [2.75, 3.05) is 6.54 Å². The van der Waals surface area contributed by atoms with Gasteiger partial charge in [-0.05, 0) is 18.8 Å². The first kappa shape index (κ1) is 14.2. The number of hydrogen-bond acceptors (Lipinski definition) is 3. The van der Waals surface area contributed by atoms with Gasteiger partial charge in [-0.15, -0.1) is 24.0 Å². The van der Waals surface area contributed by atoms with Crippen LogP contribution in [0.15, 0.2) is 11.3 Å². The minimum absolute atomic E-state index is 0. The minimum Gasteiger partial charge on any atom is -0.370 e. The Morgan fingerprint density at radius 2 is 2.41 bits per heavy atom. The summed E-state index contributed by atoms with van der Waals surface area (Å²) in [7, 11) is 1.84. The van der Waals surface area contributed by atoms with Gasteiger partial charge in [0, 0.05) is 13.6 Å². The Morgan fingerprint density at radius 3 is 2.94 bits per heavy atom. The van der Waals surface area contributed by atoms with Crippen LogP contribution < -0.4 is 11.1 Å². The number of aliphatic imine (C=N–C) groups is 1. The molecule has 1 aromatic heterocycles. The second kappa shape index (κ2) is 6.77. The Kier molecular flexibility index (Phi) is 5.66. The third-order valence-corrected chi connectivity index (χ3v) is 2.99. The maximum absolute atomic E-state index is 5.75. The molecular weight excluding hydrogens is 331 g/mol. The molecule has 1 saturated carbocycles. The molecule has 1 fully saturated rings. The van der Waals surface area contributed by atoms with Gasteiger partial charge in [0.1, 0.15) is 18.7 Å². The van der Waals surface area contributed by atoms with E-state index < -0.39 is 0 Å². The van der Waals surface area contributed by atoms with Gasteiger partial charge in [-0.25, -0.2) is 9.98 Å². The van der Waals surface area contributed by atoms with Gasteiger partial charge in [0.25, 0.3) is 0 Å². The average molecular weight is 350 g/mol. The molecule has 96 valence electrons. The Hall–Kier alpha value is -0.860. The van der Waals surface area contributed by atoms with Crippen LogP contribution >= 0.6 is 24.0 Å². The molecule has 0 radical (unpaired) electrons. The summed E-state index contributed by atoms with van der Waals surface area (Å²) in [6.07, 6.45) is 5.48. The second-order valence-corrected chi connectivity index (χ2v) is 4.18. The van der Waals surface area contributed by atoms with E-state index >= 15 is 0 Å². The number of halogens is 1. The van der Waals surface area contributed by atoms with E-state index in [1.807, 2.05) is 7.05 Å². The normalized spacial score (nSPS) is 16.2. The van der Waals surface area contributed by atoms with Gasteiger partial charge < -0.3 is 11.1 Å². The fourth-order valence-electron chi connectivity index (χ4n) is 1.62. The standard InChI is InChI=1S/C10H18N6.HI/c1-16-9(14-7-15-16)6-13-10(11)12-5-8-3-2-4-8;/h7-8H,2-6H2,1H3,(H3,11,12,13);1H. The molecule has 0 atom stereocenters. The van der Waals surface area contributed by atoms with Gasteiger partial charge in [0.2, 0.25) is 0 Å². The van der Waals surface area contributed by atoms with E-state index in [9.17, 15) is 0 Å². The molecule has 2 rings (SSSR count). The molecule has 0 bridgehead atoms. The van der Waals surface area contributed by atoms with Crippen LogP contribution in [-0.4, -0.2) is 27.3 Å². The van der Waals surface area contributed by atoms with Crippen molar-refractivity contribution >= 4 is 29.9 Å². The number of guanidine groups is 1. The van der Waals surface area contributed by atoms with Crippen molar-refractivity contribution in [1.82, 2.24) is 20.1 Å². The molecule has 0 aliphatic heterocycles. The number of hydrogen-bond donors (Lipinski definition) is 2. The van der Waals surface area contributed by atoms with Crippen LogP contribution in [0.3, 0.4) is 0 Å². The van der Waals surface area contributed by atoms with Crippen molar-refractivity contribution in [2.24, 2.45) is 23.7 Å². The van der Waals surface area contributed by atoms with E-state index in [2.05, 4.69) is 20.4 Å². The van der Waals surface area contributed by atoms with Crippen LogP contribution in [0.25, 0.3) is 0 Å². The summed E-state index contributed by atoms with van der Waals surface area (Å²) >= 11 is 0. The highest BCUT2D eigenvalue weighted by Crippen LogP contribution is 2.24. The van der Waals surface area contributed by atoms with Crippen LogP contribution in [0.2, 0.25) is 0 Å². The monoisotopic (exact) mass is 350 g/mol. The van der Waals surface area contributed by atoms with Crippen LogP contribution in [0.4, 0.5) is 0 Å². The van der Waals surface area contributed by atoms with Gasteiger partial charge in [-0.3, -0.25) is 4.68 Å². The first-order valence-corrected chi connectivity index (χ1v) is 5.62. The maximum Gasteiger partial charge on any atom is 0.189 e. The zero-order valence-electron chi connectivity index (χ0n) is 9.96. The second-order valence-electron chi connectivity index (χ2n) is 4.18. The number of rotatable bonds is 4. The van der Waals surface area contributed by atoms with E-state index in [0.717, 1.165) is 18.3 Å². The predicted molar refractivity (Wildman–Crippen MR) is 77.1 cm³/mol. The number of aryl methyl sites for hydroxylation is 1. The van der Waals surface area contributed by atoms with E-state index in [1.165, 1.54) is 25.6 Å². The minimum atomic E-state index is 0. The lowest BCUT2D eigenvalue weighted by atomic mass is 9.85. The maximum atomic E-state index is 5.75. The topological polar surface area (TPSA) is 81.1 Å². The summed E-state index contributed by atoms with van der Waals surface area (Å²) in [6.45, 7) is 1.41. The highest BCUT2D eigenvalue weighted by atomic mass is 127. The molecule has 0 amide bonds.